The number of aryl methyl sites for hydroxylation is 2. The van der Waals surface area contributed by atoms with Crippen molar-refractivity contribution in [1.82, 2.24) is 10.3 Å². The van der Waals surface area contributed by atoms with Gasteiger partial charge in [0.25, 0.3) is 0 Å². The van der Waals surface area contributed by atoms with Gasteiger partial charge in [-0.3, -0.25) is 0 Å². The van der Waals surface area contributed by atoms with Gasteiger partial charge in [0.05, 0.1) is 18.3 Å². The number of aromatic nitrogens is 1. The Labute approximate surface area is 129 Å². The predicted octanol–water partition coefficient (Wildman–Crippen LogP) is 3.11. The van der Waals surface area contributed by atoms with Gasteiger partial charge in [-0.2, -0.15) is 0 Å². The van der Waals surface area contributed by atoms with Crippen molar-refractivity contribution in [3.05, 3.63) is 35.7 Å². The number of hydrogen-bond donors (Lipinski definition) is 2. The Kier molecular flexibility index (Phi) is 5.16. The summed E-state index contributed by atoms with van der Waals surface area (Å²) >= 11 is 0. The molecule has 6 nitrogen and oxygen atoms in total. The number of urea groups is 1. The van der Waals surface area contributed by atoms with Crippen LogP contribution < -0.4 is 10.6 Å². The fourth-order valence-corrected chi connectivity index (χ4v) is 2.09. The highest BCUT2D eigenvalue weighted by Gasteiger charge is 2.11. The highest BCUT2D eigenvalue weighted by molar-refractivity contribution is 5.90. The molecule has 2 rings (SSSR count). The average Bonchev–Trinajstić information content (AvgIpc) is 2.87. The molecule has 0 aliphatic heterocycles. The fraction of sp³-hybridized carbons (Fsp3) is 0.375. The molecule has 1 aromatic heterocycles. The summed E-state index contributed by atoms with van der Waals surface area (Å²) < 4.78 is 10.4. The van der Waals surface area contributed by atoms with Crippen LogP contribution in [0.1, 0.15) is 18.2 Å². The van der Waals surface area contributed by atoms with E-state index in [0.29, 0.717) is 18.2 Å². The molecule has 2 amide bonds. The van der Waals surface area contributed by atoms with Gasteiger partial charge in [0, 0.05) is 18.4 Å². The van der Waals surface area contributed by atoms with Crippen molar-refractivity contribution in [2.45, 2.75) is 26.8 Å². The molecule has 2 aromatic rings. The zero-order valence-corrected chi connectivity index (χ0v) is 13.3. The maximum Gasteiger partial charge on any atom is 0.319 e. The average molecular weight is 303 g/mol. The number of benzene rings is 1. The molecular formula is C16H21N3O3. The minimum absolute atomic E-state index is 0.0655. The van der Waals surface area contributed by atoms with E-state index in [-0.39, 0.29) is 12.1 Å². The third kappa shape index (κ3) is 4.08. The second-order valence-electron chi connectivity index (χ2n) is 5.28. The first kappa shape index (κ1) is 16.0. The van der Waals surface area contributed by atoms with Gasteiger partial charge in [-0.15, -0.1) is 0 Å². The molecule has 1 atom stereocenters. The van der Waals surface area contributed by atoms with E-state index in [9.17, 15) is 4.79 Å². The second kappa shape index (κ2) is 7.09. The van der Waals surface area contributed by atoms with Gasteiger partial charge >= 0.3 is 6.03 Å². The quantitative estimate of drug-likeness (QED) is 0.889. The molecule has 0 aliphatic carbocycles. The summed E-state index contributed by atoms with van der Waals surface area (Å²) in [6, 6.07) is 5.27. The van der Waals surface area contributed by atoms with E-state index in [4.69, 9.17) is 9.15 Å². The van der Waals surface area contributed by atoms with Crippen molar-refractivity contribution < 1.29 is 13.9 Å². The highest BCUT2D eigenvalue weighted by atomic mass is 16.5. The number of rotatable bonds is 5. The first-order chi connectivity index (χ1) is 10.5. The maximum atomic E-state index is 11.9. The molecule has 0 bridgehead atoms. The van der Waals surface area contributed by atoms with Crippen LogP contribution >= 0.6 is 0 Å². The topological polar surface area (TPSA) is 76.4 Å². The molecule has 0 aliphatic rings. The number of oxazole rings is 1. The third-order valence-electron chi connectivity index (χ3n) is 3.14. The fourth-order valence-electron chi connectivity index (χ4n) is 2.09. The van der Waals surface area contributed by atoms with Gasteiger partial charge in [-0.25, -0.2) is 9.78 Å². The number of hydrogen-bond acceptors (Lipinski definition) is 4. The highest BCUT2D eigenvalue weighted by Crippen LogP contribution is 2.26. The number of carbonyl (C=O) groups is 1. The summed E-state index contributed by atoms with van der Waals surface area (Å²) in [5, 5.41) is 5.59. The van der Waals surface area contributed by atoms with Crippen LogP contribution in [0, 0.1) is 13.8 Å². The van der Waals surface area contributed by atoms with Gasteiger partial charge in [-0.05, 0) is 38.5 Å². The molecule has 0 saturated carbocycles. The minimum atomic E-state index is -0.275. The predicted molar refractivity (Wildman–Crippen MR) is 84.9 cm³/mol. The lowest BCUT2D eigenvalue weighted by Gasteiger charge is -2.14. The first-order valence-electron chi connectivity index (χ1n) is 7.09. The Morgan fingerprint density at radius 3 is 2.82 bits per heavy atom. The lowest BCUT2D eigenvalue weighted by atomic mass is 10.1. The van der Waals surface area contributed by atoms with Gasteiger partial charge in [0.1, 0.15) is 6.26 Å². The smallest absolute Gasteiger partial charge is 0.319 e. The van der Waals surface area contributed by atoms with Crippen LogP contribution in [0.2, 0.25) is 0 Å². The van der Waals surface area contributed by atoms with Crippen molar-refractivity contribution in [2.24, 2.45) is 0 Å². The number of methoxy groups -OCH3 is 1. The summed E-state index contributed by atoms with van der Waals surface area (Å²) in [4.78, 5) is 16.2. The molecule has 2 N–H and O–H groups in total. The monoisotopic (exact) mass is 303 g/mol. The molecule has 0 saturated heterocycles. The van der Waals surface area contributed by atoms with E-state index in [2.05, 4.69) is 15.6 Å². The van der Waals surface area contributed by atoms with Crippen molar-refractivity contribution in [1.29, 1.82) is 0 Å². The summed E-state index contributed by atoms with van der Waals surface area (Å²) in [5.41, 5.74) is 3.38. The van der Waals surface area contributed by atoms with E-state index in [1.54, 1.807) is 13.4 Å². The molecule has 0 unspecified atom stereocenters. The van der Waals surface area contributed by atoms with Crippen LogP contribution in [0.25, 0.3) is 11.5 Å². The summed E-state index contributed by atoms with van der Waals surface area (Å²) in [5.74, 6) is 0.548. The van der Waals surface area contributed by atoms with E-state index >= 15 is 0 Å². The Bertz CT molecular complexity index is 652. The molecule has 22 heavy (non-hydrogen) atoms. The van der Waals surface area contributed by atoms with Gasteiger partial charge < -0.3 is 19.8 Å². The van der Waals surface area contributed by atoms with E-state index in [1.165, 1.54) is 0 Å². The number of amides is 2. The molecule has 1 aromatic carbocycles. The lowest BCUT2D eigenvalue weighted by Crippen LogP contribution is -2.38. The minimum Gasteiger partial charge on any atom is -0.444 e. The number of nitrogens with zero attached hydrogens (tertiary/aromatic N) is 1. The molecule has 1 heterocycles. The number of nitrogens with one attached hydrogen (secondary N) is 2. The van der Waals surface area contributed by atoms with Crippen molar-refractivity contribution in [2.75, 3.05) is 19.0 Å². The van der Waals surface area contributed by atoms with E-state index in [1.807, 2.05) is 39.0 Å². The lowest BCUT2D eigenvalue weighted by molar-refractivity contribution is 0.173. The number of carbonyl (C=O) groups excluding carboxylic acids is 1. The number of ether oxygens (including phenoxy) is 1. The summed E-state index contributed by atoms with van der Waals surface area (Å²) in [6.45, 7) is 6.18. The standard InChI is InChI=1S/C16H21N3O3/c1-10-5-6-13(19-16(20)18-11(2)8-21-4)7-14(10)15-17-12(3)9-22-15/h5-7,9,11H,8H2,1-4H3,(H2,18,19,20)/t11-/m0/s1. The van der Waals surface area contributed by atoms with Crippen LogP contribution in [0.3, 0.4) is 0 Å². The Morgan fingerprint density at radius 2 is 2.18 bits per heavy atom. The van der Waals surface area contributed by atoms with E-state index in [0.717, 1.165) is 16.8 Å². The second-order valence-corrected chi connectivity index (χ2v) is 5.28. The van der Waals surface area contributed by atoms with Gasteiger partial charge in [0.2, 0.25) is 5.89 Å². The van der Waals surface area contributed by atoms with Gasteiger partial charge in [0.15, 0.2) is 0 Å². The van der Waals surface area contributed by atoms with Crippen molar-refractivity contribution in [3.8, 4) is 11.5 Å². The van der Waals surface area contributed by atoms with Crippen molar-refractivity contribution in [3.63, 3.8) is 0 Å². The maximum absolute atomic E-state index is 11.9. The Morgan fingerprint density at radius 1 is 1.41 bits per heavy atom. The zero-order chi connectivity index (χ0) is 16.1. The summed E-state index contributed by atoms with van der Waals surface area (Å²) in [7, 11) is 1.60. The SMILES string of the molecule is COC[C@H](C)NC(=O)Nc1ccc(C)c(-c2nc(C)co2)c1. The summed E-state index contributed by atoms with van der Waals surface area (Å²) in [6.07, 6.45) is 1.61. The molecule has 0 fully saturated rings. The molecule has 118 valence electrons. The molecule has 6 heteroatoms. The largest absolute Gasteiger partial charge is 0.444 e. The van der Waals surface area contributed by atoms with E-state index < -0.39 is 0 Å². The van der Waals surface area contributed by atoms with Crippen LogP contribution in [0.4, 0.5) is 10.5 Å². The molecule has 0 spiro atoms. The van der Waals surface area contributed by atoms with Crippen LogP contribution in [-0.2, 0) is 4.74 Å². The zero-order valence-electron chi connectivity index (χ0n) is 13.3. The van der Waals surface area contributed by atoms with Crippen LogP contribution in [-0.4, -0.2) is 30.8 Å². The number of anilines is 1. The molecular weight excluding hydrogens is 282 g/mol. The Balaban J connectivity index is 2.11. The van der Waals surface area contributed by atoms with Crippen LogP contribution in [0.5, 0.6) is 0 Å². The van der Waals surface area contributed by atoms with Gasteiger partial charge in [-0.1, -0.05) is 6.07 Å². The normalized spacial score (nSPS) is 12.0. The van der Waals surface area contributed by atoms with Crippen LogP contribution in [0.15, 0.2) is 28.9 Å². The first-order valence-corrected chi connectivity index (χ1v) is 7.09. The van der Waals surface area contributed by atoms with Crippen molar-refractivity contribution >= 4 is 11.7 Å². The Hall–Kier alpha value is -2.34. The molecule has 0 radical (unpaired) electrons. The third-order valence-corrected chi connectivity index (χ3v) is 3.14.